The number of halogens is 1. The Morgan fingerprint density at radius 2 is 1.82 bits per heavy atom. The lowest BCUT2D eigenvalue weighted by Crippen LogP contribution is -2.33. The van der Waals surface area contributed by atoms with Crippen LogP contribution in [0.3, 0.4) is 0 Å². The van der Waals surface area contributed by atoms with Crippen molar-refractivity contribution in [2.24, 2.45) is 0 Å². The van der Waals surface area contributed by atoms with Gasteiger partial charge in [-0.2, -0.15) is 5.26 Å². The zero-order valence-corrected chi connectivity index (χ0v) is 11.7. The zero-order valence-electron chi connectivity index (χ0n) is 11.0. The Balaban J connectivity index is 3.38. The van der Waals surface area contributed by atoms with Crippen molar-refractivity contribution in [1.82, 2.24) is 0 Å². The summed E-state index contributed by atoms with van der Waals surface area (Å²) in [4.78, 5) is 44.5. The van der Waals surface area contributed by atoms with Gasteiger partial charge in [-0.25, -0.2) is 9.59 Å². The molecule has 1 aromatic rings. The van der Waals surface area contributed by atoms with Gasteiger partial charge in [0.2, 0.25) is 0 Å². The third-order valence-corrected chi connectivity index (χ3v) is 2.87. The smallest absolute Gasteiger partial charge is 0.394 e. The van der Waals surface area contributed by atoms with E-state index in [1.165, 1.54) is 0 Å². The molecule has 0 saturated carbocycles. The van der Waals surface area contributed by atoms with Crippen LogP contribution >= 0.6 is 11.6 Å². The van der Waals surface area contributed by atoms with Gasteiger partial charge in [0.15, 0.2) is 0 Å². The minimum absolute atomic E-state index is 0.0647. The lowest BCUT2D eigenvalue weighted by molar-refractivity contribution is -0.148. The quantitative estimate of drug-likeness (QED) is 0.661. The fourth-order valence-corrected chi connectivity index (χ4v) is 1.72. The van der Waals surface area contributed by atoms with Gasteiger partial charge in [-0.15, -0.1) is 0 Å². The Bertz CT molecular complexity index is 724. The molecule has 0 fully saturated rings. The van der Waals surface area contributed by atoms with Gasteiger partial charge in [-0.3, -0.25) is 9.59 Å². The average Bonchev–Trinajstić information content (AvgIpc) is 2.47. The molecule has 0 spiro atoms. The number of rotatable bonds is 2. The molecule has 1 aromatic carbocycles. The highest BCUT2D eigenvalue weighted by Gasteiger charge is 2.24. The molecular weight excluding hydrogens is 318 g/mol. The van der Waals surface area contributed by atoms with Crippen LogP contribution in [-0.4, -0.2) is 41.0 Å². The normalized spacial score (nSPS) is 9.50. The van der Waals surface area contributed by atoms with Crippen LogP contribution in [0.2, 0.25) is 5.02 Å². The lowest BCUT2D eigenvalue weighted by Gasteiger charge is -2.18. The Hall–Kier alpha value is -3.12. The van der Waals surface area contributed by atoms with Gasteiger partial charge in [0.1, 0.15) is 0 Å². The van der Waals surface area contributed by atoms with Crippen molar-refractivity contribution in [3.05, 3.63) is 22.7 Å². The second kappa shape index (κ2) is 6.55. The van der Waals surface area contributed by atoms with Crippen LogP contribution in [0.5, 0.6) is 0 Å². The number of carbonyl (C=O) groups excluding carboxylic acids is 2. The number of benzene rings is 1. The van der Waals surface area contributed by atoms with Gasteiger partial charge in [0.25, 0.3) is 0 Å². The molecule has 10 heteroatoms. The van der Waals surface area contributed by atoms with Crippen molar-refractivity contribution in [3.63, 3.8) is 0 Å². The molecule has 0 atom stereocenters. The van der Waals surface area contributed by atoms with E-state index in [0.717, 1.165) is 19.2 Å². The zero-order chi connectivity index (χ0) is 17.0. The van der Waals surface area contributed by atoms with Crippen LogP contribution in [0.25, 0.3) is 0 Å². The van der Waals surface area contributed by atoms with Gasteiger partial charge in [-0.1, -0.05) is 11.6 Å². The molecule has 0 aliphatic carbocycles. The Morgan fingerprint density at radius 3 is 2.27 bits per heavy atom. The molecule has 3 N–H and O–H groups in total. The predicted molar refractivity (Wildman–Crippen MR) is 73.5 cm³/mol. The molecule has 1 rings (SSSR count). The summed E-state index contributed by atoms with van der Waals surface area (Å²) in [5.41, 5.74) is -0.480. The molecule has 0 unspecified atom stereocenters. The molecule has 0 aliphatic rings. The third kappa shape index (κ3) is 3.50. The summed E-state index contributed by atoms with van der Waals surface area (Å²) < 4.78 is 0. The van der Waals surface area contributed by atoms with Gasteiger partial charge in [0.05, 0.1) is 28.0 Å². The second-order valence-corrected chi connectivity index (χ2v) is 4.28. The first-order valence-corrected chi connectivity index (χ1v) is 5.85. The van der Waals surface area contributed by atoms with E-state index >= 15 is 0 Å². The fraction of sp³-hybridized carbons (Fsp3) is 0.0833. The van der Waals surface area contributed by atoms with Gasteiger partial charge < -0.3 is 20.4 Å². The summed E-state index contributed by atoms with van der Waals surface area (Å²) in [7, 11) is 1.10. The van der Waals surface area contributed by atoms with Crippen LogP contribution < -0.4 is 10.2 Å². The number of amides is 2. The Kier molecular flexibility index (Phi) is 5.04. The van der Waals surface area contributed by atoms with Crippen molar-refractivity contribution >= 4 is 46.7 Å². The number of nitrogens with one attached hydrogen (secondary N) is 1. The molecule has 2 amide bonds. The maximum absolute atomic E-state index is 11.4. The topological polar surface area (TPSA) is 148 Å². The molecular formula is C12H8ClN3O6. The number of nitrogens with zero attached hydrogens (tertiary/aromatic N) is 2. The van der Waals surface area contributed by atoms with E-state index in [0.29, 0.717) is 4.90 Å². The summed E-state index contributed by atoms with van der Waals surface area (Å²) in [5.74, 6) is -6.27. The first-order valence-electron chi connectivity index (χ1n) is 5.48. The molecule has 0 aromatic heterocycles. The first-order chi connectivity index (χ1) is 10.2. The number of likely N-dealkylation sites (N-methyl/N-ethyl adjacent to an activating group) is 1. The van der Waals surface area contributed by atoms with Crippen molar-refractivity contribution in [3.8, 4) is 6.07 Å². The molecule has 0 aliphatic heterocycles. The van der Waals surface area contributed by atoms with E-state index in [4.69, 9.17) is 27.1 Å². The van der Waals surface area contributed by atoms with Crippen LogP contribution in [0, 0.1) is 11.3 Å². The number of hydrogen-bond donors (Lipinski definition) is 3. The molecule has 22 heavy (non-hydrogen) atoms. The van der Waals surface area contributed by atoms with E-state index in [1.807, 2.05) is 5.32 Å². The van der Waals surface area contributed by atoms with Crippen LogP contribution in [-0.2, 0) is 19.2 Å². The van der Waals surface area contributed by atoms with E-state index in [2.05, 4.69) is 0 Å². The SMILES string of the molecule is CN(C(=O)C(=O)O)c1cc(C#N)cc(NC(=O)C(=O)O)c1Cl. The summed E-state index contributed by atoms with van der Waals surface area (Å²) in [5, 5.41) is 27.8. The minimum Gasteiger partial charge on any atom is -0.474 e. The van der Waals surface area contributed by atoms with Crippen LogP contribution in [0.1, 0.15) is 5.56 Å². The standard InChI is InChI=1S/C12H8ClN3O6/c1-16(10(18)12(21)22)7-3-5(4-14)2-6(8(7)13)15-9(17)11(19)20/h2-3H,1H3,(H,15,17)(H,19,20)(H,21,22). The number of aliphatic carboxylic acids is 2. The summed E-state index contributed by atoms with van der Waals surface area (Å²) >= 11 is 5.93. The largest absolute Gasteiger partial charge is 0.474 e. The summed E-state index contributed by atoms with van der Waals surface area (Å²) in [6.07, 6.45) is 0. The van der Waals surface area contributed by atoms with E-state index in [-0.39, 0.29) is 22.0 Å². The Morgan fingerprint density at radius 1 is 1.23 bits per heavy atom. The highest BCUT2D eigenvalue weighted by molar-refractivity contribution is 6.42. The third-order valence-electron chi connectivity index (χ3n) is 2.47. The van der Waals surface area contributed by atoms with Crippen molar-refractivity contribution in [1.29, 1.82) is 5.26 Å². The fourth-order valence-electron chi connectivity index (χ4n) is 1.44. The van der Waals surface area contributed by atoms with Crippen molar-refractivity contribution in [2.75, 3.05) is 17.3 Å². The molecule has 0 heterocycles. The van der Waals surface area contributed by atoms with E-state index in [1.54, 1.807) is 6.07 Å². The van der Waals surface area contributed by atoms with Crippen molar-refractivity contribution < 1.29 is 29.4 Å². The second-order valence-electron chi connectivity index (χ2n) is 3.90. The maximum atomic E-state index is 11.4. The predicted octanol–water partition coefficient (Wildman–Crippen LogP) is 0.282. The number of hydrogen-bond acceptors (Lipinski definition) is 5. The molecule has 0 saturated heterocycles. The molecule has 0 bridgehead atoms. The van der Waals surface area contributed by atoms with E-state index in [9.17, 15) is 19.2 Å². The van der Waals surface area contributed by atoms with Gasteiger partial charge >= 0.3 is 23.8 Å². The average molecular weight is 326 g/mol. The Labute approximate surface area is 128 Å². The molecule has 9 nitrogen and oxygen atoms in total. The first kappa shape index (κ1) is 16.9. The van der Waals surface area contributed by atoms with Crippen LogP contribution in [0.15, 0.2) is 12.1 Å². The maximum Gasteiger partial charge on any atom is 0.394 e. The van der Waals surface area contributed by atoms with Gasteiger partial charge in [-0.05, 0) is 12.1 Å². The van der Waals surface area contributed by atoms with Crippen molar-refractivity contribution in [2.45, 2.75) is 0 Å². The highest BCUT2D eigenvalue weighted by Crippen LogP contribution is 2.34. The minimum atomic E-state index is -1.78. The summed E-state index contributed by atoms with van der Waals surface area (Å²) in [6.45, 7) is 0. The number of carboxylic acid groups (broad SMARTS) is 2. The molecule has 114 valence electrons. The highest BCUT2D eigenvalue weighted by atomic mass is 35.5. The number of carbonyl (C=O) groups is 4. The summed E-state index contributed by atoms with van der Waals surface area (Å²) in [6, 6.07) is 3.93. The van der Waals surface area contributed by atoms with Gasteiger partial charge in [0, 0.05) is 7.05 Å². The van der Waals surface area contributed by atoms with E-state index < -0.39 is 23.8 Å². The lowest BCUT2D eigenvalue weighted by atomic mass is 10.1. The monoisotopic (exact) mass is 325 g/mol. The number of carboxylic acids is 2. The molecule has 0 radical (unpaired) electrons. The number of anilines is 2. The number of nitriles is 1. The van der Waals surface area contributed by atoms with Crippen LogP contribution in [0.4, 0.5) is 11.4 Å².